The molecule has 1 aliphatic rings. The van der Waals surface area contributed by atoms with Crippen molar-refractivity contribution in [1.82, 2.24) is 10.6 Å². The Morgan fingerprint density at radius 2 is 2.04 bits per heavy atom. The van der Waals surface area contributed by atoms with Gasteiger partial charge in [-0.05, 0) is 60.8 Å². The molecule has 1 saturated heterocycles. The molecule has 122 valence electrons. The first-order valence-electron chi connectivity index (χ1n) is 8.37. The molecule has 1 amide bonds. The van der Waals surface area contributed by atoms with Crippen molar-refractivity contribution >= 4 is 17.2 Å². The van der Waals surface area contributed by atoms with Gasteiger partial charge in [0.05, 0.1) is 6.42 Å². The topological polar surface area (TPSA) is 41.1 Å². The first kappa shape index (κ1) is 16.2. The van der Waals surface area contributed by atoms with Crippen LogP contribution in [0.4, 0.5) is 0 Å². The Kier molecular flexibility index (Phi) is 5.83. The first-order chi connectivity index (χ1) is 11.3. The van der Waals surface area contributed by atoms with E-state index >= 15 is 0 Å². The van der Waals surface area contributed by atoms with E-state index in [2.05, 4.69) is 46.3 Å². The summed E-state index contributed by atoms with van der Waals surface area (Å²) >= 11 is 1.74. The number of hydrogen-bond acceptors (Lipinski definition) is 3. The zero-order valence-electron chi connectivity index (χ0n) is 13.4. The van der Waals surface area contributed by atoms with E-state index in [4.69, 9.17) is 0 Å². The number of benzene rings is 1. The summed E-state index contributed by atoms with van der Waals surface area (Å²) in [6, 6.07) is 12.7. The van der Waals surface area contributed by atoms with Crippen molar-refractivity contribution in [3.8, 4) is 0 Å². The average Bonchev–Trinajstić information content (AvgIpc) is 3.23. The molecule has 0 radical (unpaired) electrons. The lowest BCUT2D eigenvalue weighted by Crippen LogP contribution is -2.27. The lowest BCUT2D eigenvalue weighted by molar-refractivity contribution is -0.120. The van der Waals surface area contributed by atoms with Crippen LogP contribution in [0.25, 0.3) is 0 Å². The zero-order chi connectivity index (χ0) is 15.9. The molecule has 1 aromatic carbocycles. The van der Waals surface area contributed by atoms with Crippen LogP contribution in [0.3, 0.4) is 0 Å². The van der Waals surface area contributed by atoms with E-state index in [1.165, 1.54) is 16.9 Å². The van der Waals surface area contributed by atoms with Gasteiger partial charge < -0.3 is 10.6 Å². The van der Waals surface area contributed by atoms with Gasteiger partial charge in [-0.1, -0.05) is 30.3 Å². The fraction of sp³-hybridized carbons (Fsp3) is 0.421. The molecule has 1 unspecified atom stereocenters. The summed E-state index contributed by atoms with van der Waals surface area (Å²) in [4.78, 5) is 13.3. The fourth-order valence-electron chi connectivity index (χ4n) is 3.04. The van der Waals surface area contributed by atoms with E-state index in [1.807, 2.05) is 6.07 Å². The highest BCUT2D eigenvalue weighted by Gasteiger charge is 2.14. The van der Waals surface area contributed by atoms with Gasteiger partial charge in [0.2, 0.25) is 5.91 Å². The van der Waals surface area contributed by atoms with Crippen molar-refractivity contribution in [3.63, 3.8) is 0 Å². The summed E-state index contributed by atoms with van der Waals surface area (Å²) in [5.41, 5.74) is 2.47. The number of rotatable bonds is 7. The highest BCUT2D eigenvalue weighted by atomic mass is 32.1. The Morgan fingerprint density at radius 1 is 1.22 bits per heavy atom. The highest BCUT2D eigenvalue weighted by Crippen LogP contribution is 2.16. The van der Waals surface area contributed by atoms with Gasteiger partial charge in [-0.25, -0.2) is 0 Å². The number of carbonyl (C=O) groups is 1. The molecule has 0 spiro atoms. The molecule has 1 aromatic heterocycles. The Hall–Kier alpha value is -1.65. The number of hydrogen-bond donors (Lipinski definition) is 2. The second kappa shape index (κ2) is 8.27. The number of nitrogens with one attached hydrogen (secondary N) is 2. The van der Waals surface area contributed by atoms with Crippen molar-refractivity contribution < 1.29 is 4.79 Å². The van der Waals surface area contributed by atoms with E-state index in [0.29, 0.717) is 13.0 Å². The van der Waals surface area contributed by atoms with Gasteiger partial charge >= 0.3 is 0 Å². The number of thiophene rings is 1. The Morgan fingerprint density at radius 3 is 2.74 bits per heavy atom. The summed E-state index contributed by atoms with van der Waals surface area (Å²) in [6.07, 6.45) is 3.79. The Bertz CT molecular complexity index is 601. The zero-order valence-corrected chi connectivity index (χ0v) is 14.2. The minimum atomic E-state index is 0.106. The van der Waals surface area contributed by atoms with Gasteiger partial charge in [0.1, 0.15) is 0 Å². The van der Waals surface area contributed by atoms with Crippen LogP contribution in [0.1, 0.15) is 22.4 Å². The number of carbonyl (C=O) groups excluding carboxylic acids is 1. The smallest absolute Gasteiger partial charge is 0.224 e. The van der Waals surface area contributed by atoms with E-state index < -0.39 is 0 Å². The molecule has 1 fully saturated rings. The summed E-state index contributed by atoms with van der Waals surface area (Å²) < 4.78 is 0. The van der Waals surface area contributed by atoms with Crippen molar-refractivity contribution in [2.75, 3.05) is 19.6 Å². The van der Waals surface area contributed by atoms with Crippen LogP contribution in [-0.2, 0) is 24.1 Å². The standard InChI is InChI=1S/C19H24N2OS/c22-19(21-10-8-18-2-1-11-23-18)13-16-5-3-15(4-6-16)12-17-7-9-20-14-17/h1-6,11,17,20H,7-10,12-14H2,(H,21,22). The molecule has 23 heavy (non-hydrogen) atoms. The van der Waals surface area contributed by atoms with Gasteiger partial charge in [0.15, 0.2) is 0 Å². The third-order valence-electron chi connectivity index (χ3n) is 4.35. The summed E-state index contributed by atoms with van der Waals surface area (Å²) in [6.45, 7) is 2.99. The van der Waals surface area contributed by atoms with Gasteiger partial charge in [-0.2, -0.15) is 0 Å². The summed E-state index contributed by atoms with van der Waals surface area (Å²) in [5, 5.41) is 8.48. The Labute approximate surface area is 142 Å². The molecule has 1 atom stereocenters. The van der Waals surface area contributed by atoms with Crippen molar-refractivity contribution in [3.05, 3.63) is 57.8 Å². The molecule has 2 N–H and O–H groups in total. The molecule has 4 heteroatoms. The minimum Gasteiger partial charge on any atom is -0.355 e. The quantitative estimate of drug-likeness (QED) is 0.820. The van der Waals surface area contributed by atoms with Crippen LogP contribution in [0.5, 0.6) is 0 Å². The summed E-state index contributed by atoms with van der Waals surface area (Å²) in [7, 11) is 0. The molecule has 2 heterocycles. The molecule has 0 aliphatic carbocycles. The predicted molar refractivity (Wildman–Crippen MR) is 95.9 cm³/mol. The second-order valence-electron chi connectivity index (χ2n) is 6.24. The van der Waals surface area contributed by atoms with Crippen molar-refractivity contribution in [1.29, 1.82) is 0 Å². The predicted octanol–water partition coefficient (Wildman–Crippen LogP) is 2.80. The van der Waals surface area contributed by atoms with Gasteiger partial charge in [0, 0.05) is 11.4 Å². The van der Waals surface area contributed by atoms with Crippen molar-refractivity contribution in [2.24, 2.45) is 5.92 Å². The SMILES string of the molecule is O=C(Cc1ccc(CC2CCNC2)cc1)NCCc1cccs1. The molecule has 3 rings (SSSR count). The third-order valence-corrected chi connectivity index (χ3v) is 5.28. The minimum absolute atomic E-state index is 0.106. The summed E-state index contributed by atoms with van der Waals surface area (Å²) in [5.74, 6) is 0.871. The van der Waals surface area contributed by atoms with Crippen molar-refractivity contribution in [2.45, 2.75) is 25.7 Å². The van der Waals surface area contributed by atoms with Crippen LogP contribution in [0, 0.1) is 5.92 Å². The maximum absolute atomic E-state index is 12.0. The lowest BCUT2D eigenvalue weighted by Gasteiger charge is -2.09. The second-order valence-corrected chi connectivity index (χ2v) is 7.27. The molecular formula is C19H24N2OS. The van der Waals surface area contributed by atoms with Crippen LogP contribution in [0.2, 0.25) is 0 Å². The van der Waals surface area contributed by atoms with E-state index in [9.17, 15) is 4.79 Å². The monoisotopic (exact) mass is 328 g/mol. The van der Waals surface area contributed by atoms with Crippen LogP contribution < -0.4 is 10.6 Å². The average molecular weight is 328 g/mol. The first-order valence-corrected chi connectivity index (χ1v) is 9.25. The van der Waals surface area contributed by atoms with E-state index in [0.717, 1.165) is 37.4 Å². The molecule has 1 aliphatic heterocycles. The van der Waals surface area contributed by atoms with Crippen LogP contribution in [-0.4, -0.2) is 25.5 Å². The van der Waals surface area contributed by atoms with Gasteiger partial charge in [-0.15, -0.1) is 11.3 Å². The van der Waals surface area contributed by atoms with Crippen LogP contribution >= 0.6 is 11.3 Å². The lowest BCUT2D eigenvalue weighted by atomic mass is 9.97. The molecular weight excluding hydrogens is 304 g/mol. The fourth-order valence-corrected chi connectivity index (χ4v) is 3.75. The van der Waals surface area contributed by atoms with Gasteiger partial charge in [0.25, 0.3) is 0 Å². The largest absolute Gasteiger partial charge is 0.355 e. The molecule has 3 nitrogen and oxygen atoms in total. The molecule has 0 bridgehead atoms. The normalized spacial score (nSPS) is 17.3. The Balaban J connectivity index is 1.41. The van der Waals surface area contributed by atoms with Gasteiger partial charge in [-0.3, -0.25) is 4.79 Å². The molecule has 0 saturated carbocycles. The third kappa shape index (κ3) is 5.19. The number of amides is 1. The van der Waals surface area contributed by atoms with E-state index in [-0.39, 0.29) is 5.91 Å². The highest BCUT2D eigenvalue weighted by molar-refractivity contribution is 7.09. The van der Waals surface area contributed by atoms with Crippen LogP contribution in [0.15, 0.2) is 41.8 Å². The maximum atomic E-state index is 12.0. The maximum Gasteiger partial charge on any atom is 0.224 e. The van der Waals surface area contributed by atoms with E-state index in [1.54, 1.807) is 11.3 Å². The molecule has 2 aromatic rings.